The molecule has 0 spiro atoms. The van der Waals surface area contributed by atoms with E-state index in [9.17, 15) is 4.79 Å². The molecule has 5 heteroatoms. The molecule has 0 amide bonds. The van der Waals surface area contributed by atoms with E-state index < -0.39 is 0 Å². The van der Waals surface area contributed by atoms with Crippen LogP contribution in [-0.2, 0) is 11.3 Å². The third kappa shape index (κ3) is 5.94. The molecule has 148 valence electrons. The summed E-state index contributed by atoms with van der Waals surface area (Å²) in [6.07, 6.45) is 3.80. The van der Waals surface area contributed by atoms with Crippen molar-refractivity contribution >= 4 is 17.9 Å². The molecule has 1 heterocycles. The van der Waals surface area contributed by atoms with Crippen LogP contribution >= 0.6 is 0 Å². The summed E-state index contributed by atoms with van der Waals surface area (Å²) in [5, 5.41) is 3.33. The van der Waals surface area contributed by atoms with Crippen LogP contribution in [0, 0.1) is 0 Å². The summed E-state index contributed by atoms with van der Waals surface area (Å²) in [4.78, 5) is 15.9. The van der Waals surface area contributed by atoms with E-state index in [4.69, 9.17) is 9.47 Å². The van der Waals surface area contributed by atoms with Crippen LogP contribution in [0.3, 0.4) is 0 Å². The van der Waals surface area contributed by atoms with Gasteiger partial charge in [0.05, 0.1) is 12.7 Å². The van der Waals surface area contributed by atoms with E-state index in [1.807, 2.05) is 61.5 Å². The Morgan fingerprint density at radius 2 is 1.79 bits per heavy atom. The Labute approximate surface area is 171 Å². The number of carbonyl (C=O) groups excluding carboxylic acids is 1. The Hall–Kier alpha value is -3.60. The van der Waals surface area contributed by atoms with Gasteiger partial charge in [0.1, 0.15) is 6.61 Å². The number of benzene rings is 2. The van der Waals surface area contributed by atoms with Crippen molar-refractivity contribution in [3.63, 3.8) is 0 Å². The Morgan fingerprint density at radius 3 is 2.52 bits per heavy atom. The minimum Gasteiger partial charge on any atom is -0.485 e. The zero-order valence-corrected chi connectivity index (χ0v) is 16.6. The van der Waals surface area contributed by atoms with Crippen LogP contribution in [0.2, 0.25) is 0 Å². The normalized spacial score (nSPS) is 11.0. The maximum atomic E-state index is 11.5. The molecule has 3 rings (SSSR count). The van der Waals surface area contributed by atoms with Crippen molar-refractivity contribution in [2.45, 2.75) is 13.5 Å². The average molecular weight is 388 g/mol. The third-order valence-electron chi connectivity index (χ3n) is 4.29. The number of anilines is 1. The van der Waals surface area contributed by atoms with Gasteiger partial charge in [0.15, 0.2) is 11.6 Å². The molecule has 29 heavy (non-hydrogen) atoms. The van der Waals surface area contributed by atoms with Crippen molar-refractivity contribution in [3.8, 4) is 5.75 Å². The van der Waals surface area contributed by atoms with Crippen molar-refractivity contribution in [2.75, 3.05) is 19.0 Å². The number of aromatic nitrogens is 1. The monoisotopic (exact) mass is 388 g/mol. The number of hydrogen-bond donors (Lipinski definition) is 1. The number of carbonyl (C=O) groups is 1. The summed E-state index contributed by atoms with van der Waals surface area (Å²) >= 11 is 0. The number of rotatable bonds is 8. The molecular weight excluding hydrogens is 364 g/mol. The van der Waals surface area contributed by atoms with Crippen LogP contribution in [0.25, 0.3) is 6.08 Å². The minimum atomic E-state index is -0.336. The lowest BCUT2D eigenvalue weighted by Gasteiger charge is -2.12. The molecule has 0 aliphatic carbocycles. The molecular formula is C24H24N2O3. The summed E-state index contributed by atoms with van der Waals surface area (Å²) in [6.45, 7) is 3.15. The molecule has 0 unspecified atom stereocenters. The van der Waals surface area contributed by atoms with E-state index in [0.29, 0.717) is 30.3 Å². The molecule has 0 atom stereocenters. The number of pyridine rings is 1. The van der Waals surface area contributed by atoms with Crippen LogP contribution in [-0.4, -0.2) is 24.6 Å². The molecule has 0 saturated carbocycles. The van der Waals surface area contributed by atoms with Crippen LogP contribution in [0.4, 0.5) is 5.82 Å². The summed E-state index contributed by atoms with van der Waals surface area (Å²) < 4.78 is 10.7. The van der Waals surface area contributed by atoms with E-state index in [-0.39, 0.29) is 5.97 Å². The molecule has 3 aromatic rings. The van der Waals surface area contributed by atoms with Crippen LogP contribution in [0.15, 0.2) is 78.5 Å². The Bertz CT molecular complexity index is 967. The van der Waals surface area contributed by atoms with Gasteiger partial charge in [0.2, 0.25) is 0 Å². The van der Waals surface area contributed by atoms with Gasteiger partial charge in [-0.2, -0.15) is 0 Å². The number of esters is 1. The average Bonchev–Trinajstić information content (AvgIpc) is 2.77. The zero-order chi connectivity index (χ0) is 20.5. The van der Waals surface area contributed by atoms with Crippen molar-refractivity contribution < 1.29 is 14.3 Å². The van der Waals surface area contributed by atoms with Crippen molar-refractivity contribution in [1.82, 2.24) is 4.98 Å². The van der Waals surface area contributed by atoms with E-state index in [1.165, 1.54) is 7.11 Å². The van der Waals surface area contributed by atoms with Crippen molar-refractivity contribution in [2.24, 2.45) is 0 Å². The van der Waals surface area contributed by atoms with Gasteiger partial charge in [-0.25, -0.2) is 9.78 Å². The lowest BCUT2D eigenvalue weighted by molar-refractivity contribution is 0.0600. The fraction of sp³-hybridized carbons (Fsp3) is 0.167. The van der Waals surface area contributed by atoms with E-state index >= 15 is 0 Å². The summed E-state index contributed by atoms with van der Waals surface area (Å²) in [7, 11) is 1.38. The fourth-order valence-corrected chi connectivity index (χ4v) is 2.77. The standard InChI is InChI=1S/C24H24N2O3/c1-18(15-19-10-12-21(13-11-19)24(27)28-2)16-26-23-22(9-6-14-25-23)29-17-20-7-4-3-5-8-20/h3-15H,16-17H2,1-2H3,(H,25,26)/b18-15+. The molecule has 0 radical (unpaired) electrons. The van der Waals surface area contributed by atoms with Crippen LogP contribution < -0.4 is 10.1 Å². The summed E-state index contributed by atoms with van der Waals surface area (Å²) in [5.74, 6) is 1.08. The smallest absolute Gasteiger partial charge is 0.337 e. The lowest BCUT2D eigenvalue weighted by atomic mass is 10.1. The second kappa shape index (κ2) is 10.1. The Morgan fingerprint density at radius 1 is 1.03 bits per heavy atom. The summed E-state index contributed by atoms with van der Waals surface area (Å²) in [6, 6.07) is 21.1. The van der Waals surface area contributed by atoms with E-state index in [2.05, 4.69) is 16.4 Å². The largest absolute Gasteiger partial charge is 0.485 e. The number of nitrogens with zero attached hydrogens (tertiary/aromatic N) is 1. The van der Waals surface area contributed by atoms with Gasteiger partial charge in [-0.15, -0.1) is 0 Å². The van der Waals surface area contributed by atoms with E-state index in [1.54, 1.807) is 18.3 Å². The van der Waals surface area contributed by atoms with Crippen LogP contribution in [0.5, 0.6) is 5.75 Å². The molecule has 1 N–H and O–H groups in total. The molecule has 1 aromatic heterocycles. The molecule has 0 fully saturated rings. The first kappa shape index (κ1) is 20.1. The number of methoxy groups -OCH3 is 1. The predicted molar refractivity (Wildman–Crippen MR) is 115 cm³/mol. The van der Waals surface area contributed by atoms with Gasteiger partial charge in [-0.1, -0.05) is 54.1 Å². The highest BCUT2D eigenvalue weighted by Crippen LogP contribution is 2.22. The summed E-state index contributed by atoms with van der Waals surface area (Å²) in [5.41, 5.74) is 3.77. The topological polar surface area (TPSA) is 60.5 Å². The zero-order valence-electron chi connectivity index (χ0n) is 16.6. The van der Waals surface area contributed by atoms with Gasteiger partial charge < -0.3 is 14.8 Å². The van der Waals surface area contributed by atoms with Gasteiger partial charge in [0.25, 0.3) is 0 Å². The van der Waals surface area contributed by atoms with Gasteiger partial charge in [-0.3, -0.25) is 0 Å². The first-order valence-electron chi connectivity index (χ1n) is 9.37. The minimum absolute atomic E-state index is 0.336. The number of nitrogens with one attached hydrogen (secondary N) is 1. The highest BCUT2D eigenvalue weighted by atomic mass is 16.5. The first-order chi connectivity index (χ1) is 14.2. The Balaban J connectivity index is 1.60. The highest BCUT2D eigenvalue weighted by molar-refractivity contribution is 5.89. The van der Waals surface area contributed by atoms with Crippen molar-refractivity contribution in [1.29, 1.82) is 0 Å². The lowest BCUT2D eigenvalue weighted by Crippen LogP contribution is -2.07. The second-order valence-electron chi connectivity index (χ2n) is 6.58. The van der Waals surface area contributed by atoms with Gasteiger partial charge >= 0.3 is 5.97 Å². The maximum absolute atomic E-state index is 11.5. The highest BCUT2D eigenvalue weighted by Gasteiger charge is 2.06. The molecule has 0 bridgehead atoms. The maximum Gasteiger partial charge on any atom is 0.337 e. The SMILES string of the molecule is COC(=O)c1ccc(/C=C(\C)CNc2ncccc2OCc2ccccc2)cc1. The third-order valence-corrected chi connectivity index (χ3v) is 4.29. The molecule has 0 aliphatic rings. The molecule has 0 saturated heterocycles. The van der Waals surface area contributed by atoms with E-state index in [0.717, 1.165) is 16.7 Å². The predicted octanol–water partition coefficient (Wildman–Crippen LogP) is 4.96. The van der Waals surface area contributed by atoms with Gasteiger partial charge in [-0.05, 0) is 42.3 Å². The quantitative estimate of drug-likeness (QED) is 0.553. The van der Waals surface area contributed by atoms with Crippen LogP contribution in [0.1, 0.15) is 28.4 Å². The molecule has 0 aliphatic heterocycles. The molecule has 5 nitrogen and oxygen atoms in total. The number of hydrogen-bond acceptors (Lipinski definition) is 5. The van der Waals surface area contributed by atoms with Crippen molar-refractivity contribution in [3.05, 3.63) is 95.2 Å². The fourth-order valence-electron chi connectivity index (χ4n) is 2.77. The number of ether oxygens (including phenoxy) is 2. The van der Waals surface area contributed by atoms with Gasteiger partial charge in [0, 0.05) is 12.7 Å². The molecule has 2 aromatic carbocycles. The second-order valence-corrected chi connectivity index (χ2v) is 6.58. The Kier molecular flexibility index (Phi) is 7.00. The first-order valence-corrected chi connectivity index (χ1v) is 9.37.